The number of halogens is 1. The molecule has 5 nitrogen and oxygen atoms in total. The van der Waals surface area contributed by atoms with Crippen molar-refractivity contribution >= 4 is 17.7 Å². The number of aromatic nitrogens is 3. The second-order valence-electron chi connectivity index (χ2n) is 8.49. The molecule has 2 aromatic carbocycles. The highest BCUT2D eigenvalue weighted by molar-refractivity contribution is 7.98. The molecule has 168 valence electrons. The smallest absolute Gasteiger partial charge is 0.223 e. The third kappa shape index (κ3) is 5.38. The molecule has 0 saturated heterocycles. The number of amides is 1. The summed E-state index contributed by atoms with van der Waals surface area (Å²) in [6, 6.07) is 14.4. The van der Waals surface area contributed by atoms with Crippen molar-refractivity contribution in [2.75, 3.05) is 0 Å². The van der Waals surface area contributed by atoms with E-state index in [1.165, 1.54) is 24.1 Å². The van der Waals surface area contributed by atoms with Gasteiger partial charge in [0.15, 0.2) is 11.0 Å². The van der Waals surface area contributed by atoms with Crippen molar-refractivity contribution in [3.8, 4) is 5.69 Å². The first-order chi connectivity index (χ1) is 15.5. The number of hydrogen-bond acceptors (Lipinski definition) is 4. The third-order valence-electron chi connectivity index (χ3n) is 5.95. The standard InChI is InChI=1S/C25H29FN4OS/c1-17-8-14-22(15-9-17)30-23(18(2)27-24(31)20-6-4-3-5-7-20)28-29-25(30)32-16-19-10-12-21(26)13-11-19/h8-15,18,20H,3-7,16H2,1-2H3,(H,27,31). The van der Waals surface area contributed by atoms with Crippen molar-refractivity contribution < 1.29 is 9.18 Å². The molecule has 7 heteroatoms. The SMILES string of the molecule is Cc1ccc(-n2c(SCc3ccc(F)cc3)nnc2C(C)NC(=O)C2CCCCC2)cc1. The van der Waals surface area contributed by atoms with Crippen LogP contribution in [0.15, 0.2) is 53.7 Å². The molecule has 1 saturated carbocycles. The summed E-state index contributed by atoms with van der Waals surface area (Å²) in [5.41, 5.74) is 3.13. The summed E-state index contributed by atoms with van der Waals surface area (Å²) < 4.78 is 15.2. The minimum atomic E-state index is -0.265. The molecule has 4 rings (SSSR count). The Morgan fingerprint density at radius 1 is 1.09 bits per heavy atom. The molecule has 1 aliphatic carbocycles. The van der Waals surface area contributed by atoms with Gasteiger partial charge in [0, 0.05) is 17.4 Å². The molecule has 1 aliphatic rings. The van der Waals surface area contributed by atoms with Gasteiger partial charge in [-0.2, -0.15) is 0 Å². The molecule has 1 atom stereocenters. The van der Waals surface area contributed by atoms with Gasteiger partial charge >= 0.3 is 0 Å². The van der Waals surface area contributed by atoms with E-state index in [9.17, 15) is 9.18 Å². The van der Waals surface area contributed by atoms with Gasteiger partial charge in [-0.3, -0.25) is 9.36 Å². The average molecular weight is 453 g/mol. The summed E-state index contributed by atoms with van der Waals surface area (Å²) in [6.07, 6.45) is 5.38. The van der Waals surface area contributed by atoms with E-state index in [4.69, 9.17) is 0 Å². The van der Waals surface area contributed by atoms with Crippen molar-refractivity contribution in [2.24, 2.45) is 5.92 Å². The molecule has 1 fully saturated rings. The van der Waals surface area contributed by atoms with Gasteiger partial charge in [-0.15, -0.1) is 10.2 Å². The topological polar surface area (TPSA) is 59.8 Å². The van der Waals surface area contributed by atoms with E-state index in [1.54, 1.807) is 23.9 Å². The van der Waals surface area contributed by atoms with Crippen molar-refractivity contribution in [1.29, 1.82) is 0 Å². The lowest BCUT2D eigenvalue weighted by atomic mass is 9.88. The van der Waals surface area contributed by atoms with Gasteiger partial charge in [0.2, 0.25) is 5.91 Å². The van der Waals surface area contributed by atoms with Crippen LogP contribution in [0.4, 0.5) is 4.39 Å². The lowest BCUT2D eigenvalue weighted by molar-refractivity contribution is -0.126. The van der Waals surface area contributed by atoms with Gasteiger partial charge in [-0.05, 0) is 56.5 Å². The van der Waals surface area contributed by atoms with Crippen LogP contribution < -0.4 is 5.32 Å². The Kier molecular flexibility index (Phi) is 7.25. The highest BCUT2D eigenvalue weighted by Crippen LogP contribution is 2.29. The van der Waals surface area contributed by atoms with E-state index in [1.807, 2.05) is 30.5 Å². The van der Waals surface area contributed by atoms with Crippen LogP contribution in [-0.4, -0.2) is 20.7 Å². The minimum absolute atomic E-state index is 0.0919. The van der Waals surface area contributed by atoms with Crippen molar-refractivity contribution in [1.82, 2.24) is 20.1 Å². The van der Waals surface area contributed by atoms with Gasteiger partial charge in [0.05, 0.1) is 6.04 Å². The Morgan fingerprint density at radius 2 is 1.78 bits per heavy atom. The molecule has 3 aromatic rings. The number of rotatable bonds is 7. The predicted molar refractivity (Wildman–Crippen MR) is 125 cm³/mol. The number of carbonyl (C=O) groups is 1. The van der Waals surface area contributed by atoms with Gasteiger partial charge in [0.1, 0.15) is 5.82 Å². The van der Waals surface area contributed by atoms with Crippen molar-refractivity contribution in [3.63, 3.8) is 0 Å². The van der Waals surface area contributed by atoms with Gasteiger partial charge in [0.25, 0.3) is 0 Å². The Hall–Kier alpha value is -2.67. The van der Waals surface area contributed by atoms with E-state index in [0.29, 0.717) is 11.6 Å². The fraction of sp³-hybridized carbons (Fsp3) is 0.400. The molecular weight excluding hydrogens is 423 g/mol. The number of aryl methyl sites for hydroxylation is 1. The first-order valence-corrected chi connectivity index (χ1v) is 12.2. The fourth-order valence-electron chi connectivity index (χ4n) is 4.08. The van der Waals surface area contributed by atoms with Crippen LogP contribution >= 0.6 is 11.8 Å². The molecule has 1 N–H and O–H groups in total. The highest BCUT2D eigenvalue weighted by Gasteiger charge is 2.26. The second-order valence-corrected chi connectivity index (χ2v) is 9.43. The van der Waals surface area contributed by atoms with Crippen LogP contribution in [0.2, 0.25) is 0 Å². The monoisotopic (exact) mass is 452 g/mol. The van der Waals surface area contributed by atoms with Crippen LogP contribution in [0.1, 0.15) is 62.0 Å². The predicted octanol–water partition coefficient (Wildman–Crippen LogP) is 5.76. The highest BCUT2D eigenvalue weighted by atomic mass is 32.2. The summed E-state index contributed by atoms with van der Waals surface area (Å²) >= 11 is 1.54. The maximum Gasteiger partial charge on any atom is 0.223 e. The quantitative estimate of drug-likeness (QED) is 0.463. The molecule has 1 heterocycles. The third-order valence-corrected chi connectivity index (χ3v) is 6.95. The van der Waals surface area contributed by atoms with Crippen LogP contribution in [0, 0.1) is 18.7 Å². The molecule has 0 radical (unpaired) electrons. The van der Waals surface area contributed by atoms with E-state index >= 15 is 0 Å². The summed E-state index contributed by atoms with van der Waals surface area (Å²) in [6.45, 7) is 4.01. The largest absolute Gasteiger partial charge is 0.346 e. The zero-order valence-electron chi connectivity index (χ0n) is 18.6. The van der Waals surface area contributed by atoms with E-state index < -0.39 is 0 Å². The number of carbonyl (C=O) groups excluding carboxylic acids is 1. The molecule has 0 bridgehead atoms. The van der Waals surface area contributed by atoms with Crippen molar-refractivity contribution in [2.45, 2.75) is 62.9 Å². The Morgan fingerprint density at radius 3 is 2.47 bits per heavy atom. The van der Waals surface area contributed by atoms with Crippen LogP contribution in [0.25, 0.3) is 5.69 Å². The van der Waals surface area contributed by atoms with Gasteiger partial charge < -0.3 is 5.32 Å². The Balaban J connectivity index is 1.57. The molecule has 1 unspecified atom stereocenters. The number of thioether (sulfide) groups is 1. The van der Waals surface area contributed by atoms with E-state index in [0.717, 1.165) is 42.1 Å². The lowest BCUT2D eigenvalue weighted by Crippen LogP contribution is -2.34. The minimum Gasteiger partial charge on any atom is -0.346 e. The van der Waals surface area contributed by atoms with E-state index in [-0.39, 0.29) is 23.7 Å². The molecule has 1 amide bonds. The molecule has 0 aliphatic heterocycles. The van der Waals surface area contributed by atoms with E-state index in [2.05, 4.69) is 27.6 Å². The second kappa shape index (κ2) is 10.3. The number of hydrogen-bond donors (Lipinski definition) is 1. The normalized spacial score (nSPS) is 15.5. The molecule has 32 heavy (non-hydrogen) atoms. The number of benzene rings is 2. The summed E-state index contributed by atoms with van der Waals surface area (Å²) in [7, 11) is 0. The van der Waals surface area contributed by atoms with Crippen LogP contribution in [-0.2, 0) is 10.5 Å². The Bertz CT molecular complexity index is 1040. The molecule has 0 spiro atoms. The first kappa shape index (κ1) is 22.5. The molecule has 1 aromatic heterocycles. The lowest BCUT2D eigenvalue weighted by Gasteiger charge is -2.23. The van der Waals surface area contributed by atoms with Gasteiger partial charge in [-0.25, -0.2) is 4.39 Å². The maximum absolute atomic E-state index is 13.2. The zero-order valence-corrected chi connectivity index (χ0v) is 19.4. The van der Waals surface area contributed by atoms with Crippen LogP contribution in [0.5, 0.6) is 0 Å². The summed E-state index contributed by atoms with van der Waals surface area (Å²) in [5, 5.41) is 12.8. The average Bonchev–Trinajstić information content (AvgIpc) is 3.24. The first-order valence-electron chi connectivity index (χ1n) is 11.2. The number of nitrogens with one attached hydrogen (secondary N) is 1. The maximum atomic E-state index is 13.2. The fourth-order valence-corrected chi connectivity index (χ4v) is 5.00. The van der Waals surface area contributed by atoms with Crippen molar-refractivity contribution in [3.05, 3.63) is 71.3 Å². The number of nitrogens with zero attached hydrogens (tertiary/aromatic N) is 3. The van der Waals surface area contributed by atoms with Gasteiger partial charge in [-0.1, -0.05) is 60.9 Å². The summed E-state index contributed by atoms with van der Waals surface area (Å²) in [5.74, 6) is 1.31. The summed E-state index contributed by atoms with van der Waals surface area (Å²) in [4.78, 5) is 12.8. The van der Waals surface area contributed by atoms with Crippen LogP contribution in [0.3, 0.4) is 0 Å². The Labute approximate surface area is 192 Å². The zero-order chi connectivity index (χ0) is 22.5. The molecular formula is C25H29FN4OS.